The third kappa shape index (κ3) is 4.25. The van der Waals surface area contributed by atoms with Crippen molar-refractivity contribution in [2.75, 3.05) is 30.4 Å². The standard InChI is InChI=1S/C19H29N3O/c1-22(16-6-2-3-7-16)18-9-5-4-8-17(18)21-19(23)11-10-15-12-13-20-14-15/h4-5,8-9,15-16,20H,2-3,6-7,10-14H2,1H3,(H,21,23). The number of carbonyl (C=O) groups excluding carboxylic acids is 1. The molecule has 2 aliphatic rings. The summed E-state index contributed by atoms with van der Waals surface area (Å²) in [6.07, 6.45) is 7.96. The van der Waals surface area contributed by atoms with Gasteiger partial charge in [-0.3, -0.25) is 4.79 Å². The number of benzene rings is 1. The molecule has 1 unspecified atom stereocenters. The topological polar surface area (TPSA) is 44.4 Å². The summed E-state index contributed by atoms with van der Waals surface area (Å²) in [6, 6.07) is 8.81. The van der Waals surface area contributed by atoms with Crippen LogP contribution < -0.4 is 15.5 Å². The van der Waals surface area contributed by atoms with Gasteiger partial charge in [-0.1, -0.05) is 25.0 Å². The predicted molar refractivity (Wildman–Crippen MR) is 95.9 cm³/mol. The molecule has 0 radical (unpaired) electrons. The van der Waals surface area contributed by atoms with Crippen molar-refractivity contribution in [2.45, 2.75) is 51.0 Å². The van der Waals surface area contributed by atoms with Crippen LogP contribution in [-0.4, -0.2) is 32.1 Å². The second-order valence-electron chi connectivity index (χ2n) is 7.01. The molecule has 1 amide bonds. The minimum Gasteiger partial charge on any atom is -0.370 e. The fraction of sp³-hybridized carbons (Fsp3) is 0.632. The van der Waals surface area contributed by atoms with Gasteiger partial charge >= 0.3 is 0 Å². The molecule has 0 spiro atoms. The van der Waals surface area contributed by atoms with Gasteiger partial charge in [0.15, 0.2) is 0 Å². The van der Waals surface area contributed by atoms with Crippen molar-refractivity contribution in [1.29, 1.82) is 0 Å². The molecule has 1 heterocycles. The highest BCUT2D eigenvalue weighted by Gasteiger charge is 2.22. The highest BCUT2D eigenvalue weighted by molar-refractivity contribution is 5.94. The second kappa shape index (κ2) is 7.82. The Kier molecular flexibility index (Phi) is 5.55. The normalized spacial score (nSPS) is 21.5. The van der Waals surface area contributed by atoms with Gasteiger partial charge in [-0.25, -0.2) is 0 Å². The van der Waals surface area contributed by atoms with Crippen molar-refractivity contribution in [1.82, 2.24) is 5.32 Å². The third-order valence-electron chi connectivity index (χ3n) is 5.37. The molecule has 0 bridgehead atoms. The third-order valence-corrected chi connectivity index (χ3v) is 5.37. The van der Waals surface area contributed by atoms with Gasteiger partial charge in [0.1, 0.15) is 0 Å². The molecule has 23 heavy (non-hydrogen) atoms. The lowest BCUT2D eigenvalue weighted by molar-refractivity contribution is -0.116. The maximum atomic E-state index is 12.3. The fourth-order valence-electron chi connectivity index (χ4n) is 3.88. The quantitative estimate of drug-likeness (QED) is 0.846. The first-order chi connectivity index (χ1) is 11.2. The van der Waals surface area contributed by atoms with E-state index in [-0.39, 0.29) is 5.91 Å². The molecule has 1 aliphatic carbocycles. The van der Waals surface area contributed by atoms with Gasteiger partial charge in [0.25, 0.3) is 0 Å². The Morgan fingerprint density at radius 1 is 1.26 bits per heavy atom. The Labute approximate surface area is 139 Å². The zero-order valence-corrected chi connectivity index (χ0v) is 14.2. The van der Waals surface area contributed by atoms with Crippen LogP contribution in [0.25, 0.3) is 0 Å². The molecule has 1 aromatic carbocycles. The summed E-state index contributed by atoms with van der Waals surface area (Å²) in [5, 5.41) is 6.50. The van der Waals surface area contributed by atoms with Crippen LogP contribution >= 0.6 is 0 Å². The van der Waals surface area contributed by atoms with Crippen LogP contribution in [0.1, 0.15) is 44.9 Å². The van der Waals surface area contributed by atoms with E-state index in [2.05, 4.69) is 34.7 Å². The number of hydrogen-bond donors (Lipinski definition) is 2. The molecule has 1 atom stereocenters. The van der Waals surface area contributed by atoms with Crippen LogP contribution in [0.2, 0.25) is 0 Å². The number of amides is 1. The van der Waals surface area contributed by atoms with E-state index in [1.54, 1.807) is 0 Å². The molecular formula is C19H29N3O. The number of carbonyl (C=O) groups is 1. The Balaban J connectivity index is 1.59. The van der Waals surface area contributed by atoms with E-state index >= 15 is 0 Å². The molecule has 2 N–H and O–H groups in total. The molecule has 4 heteroatoms. The molecule has 126 valence electrons. The van der Waals surface area contributed by atoms with E-state index < -0.39 is 0 Å². The summed E-state index contributed by atoms with van der Waals surface area (Å²) in [5.41, 5.74) is 2.10. The molecule has 4 nitrogen and oxygen atoms in total. The summed E-state index contributed by atoms with van der Waals surface area (Å²) in [4.78, 5) is 14.7. The van der Waals surface area contributed by atoms with Crippen molar-refractivity contribution < 1.29 is 4.79 Å². The molecule has 1 aromatic rings. The Morgan fingerprint density at radius 2 is 2.04 bits per heavy atom. The van der Waals surface area contributed by atoms with Gasteiger partial charge in [0, 0.05) is 19.5 Å². The van der Waals surface area contributed by atoms with E-state index in [0.29, 0.717) is 18.4 Å². The number of anilines is 2. The first-order valence-electron chi connectivity index (χ1n) is 9.06. The highest BCUT2D eigenvalue weighted by atomic mass is 16.1. The number of nitrogens with one attached hydrogen (secondary N) is 2. The SMILES string of the molecule is CN(c1ccccc1NC(=O)CCC1CCNC1)C1CCCC1. The number of para-hydroxylation sites is 2. The highest BCUT2D eigenvalue weighted by Crippen LogP contribution is 2.32. The van der Waals surface area contributed by atoms with Gasteiger partial charge in [0.05, 0.1) is 11.4 Å². The van der Waals surface area contributed by atoms with Gasteiger partial charge in [-0.15, -0.1) is 0 Å². The molecule has 0 aromatic heterocycles. The minimum absolute atomic E-state index is 0.143. The van der Waals surface area contributed by atoms with Gasteiger partial charge in [-0.05, 0) is 56.8 Å². The average Bonchev–Trinajstić information content (AvgIpc) is 3.26. The van der Waals surface area contributed by atoms with Crippen molar-refractivity contribution in [3.05, 3.63) is 24.3 Å². The molecular weight excluding hydrogens is 286 g/mol. The summed E-state index contributed by atoms with van der Waals surface area (Å²) >= 11 is 0. The van der Waals surface area contributed by atoms with E-state index in [1.807, 2.05) is 12.1 Å². The summed E-state index contributed by atoms with van der Waals surface area (Å²) < 4.78 is 0. The zero-order valence-electron chi connectivity index (χ0n) is 14.2. The summed E-state index contributed by atoms with van der Waals surface area (Å²) in [7, 11) is 2.16. The van der Waals surface area contributed by atoms with Gasteiger partial charge in [0.2, 0.25) is 5.91 Å². The van der Waals surface area contributed by atoms with E-state index in [1.165, 1.54) is 32.1 Å². The first kappa shape index (κ1) is 16.3. The largest absolute Gasteiger partial charge is 0.370 e. The predicted octanol–water partition coefficient (Wildman–Crippen LogP) is 3.39. The maximum Gasteiger partial charge on any atom is 0.224 e. The van der Waals surface area contributed by atoms with E-state index in [4.69, 9.17) is 0 Å². The van der Waals surface area contributed by atoms with Crippen molar-refractivity contribution in [3.8, 4) is 0 Å². The first-order valence-corrected chi connectivity index (χ1v) is 9.06. The average molecular weight is 315 g/mol. The minimum atomic E-state index is 0.143. The summed E-state index contributed by atoms with van der Waals surface area (Å²) in [6.45, 7) is 2.16. The molecule has 1 saturated carbocycles. The van der Waals surface area contributed by atoms with Crippen LogP contribution in [0.4, 0.5) is 11.4 Å². The molecule has 3 rings (SSSR count). The number of hydrogen-bond acceptors (Lipinski definition) is 3. The van der Waals surface area contributed by atoms with Gasteiger partial charge in [-0.2, -0.15) is 0 Å². The lowest BCUT2D eigenvalue weighted by atomic mass is 10.0. The lowest BCUT2D eigenvalue weighted by Gasteiger charge is -2.28. The molecule has 1 saturated heterocycles. The van der Waals surface area contributed by atoms with E-state index in [9.17, 15) is 4.79 Å². The van der Waals surface area contributed by atoms with Crippen LogP contribution in [-0.2, 0) is 4.79 Å². The number of rotatable bonds is 6. The zero-order chi connectivity index (χ0) is 16.1. The van der Waals surface area contributed by atoms with Crippen LogP contribution in [0.5, 0.6) is 0 Å². The molecule has 2 fully saturated rings. The van der Waals surface area contributed by atoms with E-state index in [0.717, 1.165) is 30.9 Å². The Morgan fingerprint density at radius 3 is 2.78 bits per heavy atom. The number of nitrogens with zero attached hydrogens (tertiary/aromatic N) is 1. The van der Waals surface area contributed by atoms with Crippen LogP contribution in [0.3, 0.4) is 0 Å². The maximum absolute atomic E-state index is 12.3. The smallest absolute Gasteiger partial charge is 0.224 e. The summed E-state index contributed by atoms with van der Waals surface area (Å²) in [5.74, 6) is 0.807. The molecule has 1 aliphatic heterocycles. The van der Waals surface area contributed by atoms with Crippen LogP contribution in [0, 0.1) is 5.92 Å². The van der Waals surface area contributed by atoms with Crippen molar-refractivity contribution in [3.63, 3.8) is 0 Å². The van der Waals surface area contributed by atoms with Crippen LogP contribution in [0.15, 0.2) is 24.3 Å². The van der Waals surface area contributed by atoms with Crippen molar-refractivity contribution in [2.24, 2.45) is 5.92 Å². The Hall–Kier alpha value is -1.55. The monoisotopic (exact) mass is 315 g/mol. The second-order valence-corrected chi connectivity index (χ2v) is 7.01. The Bertz CT molecular complexity index is 519. The lowest BCUT2D eigenvalue weighted by Crippen LogP contribution is -2.29. The fourth-order valence-corrected chi connectivity index (χ4v) is 3.88. The van der Waals surface area contributed by atoms with Crippen molar-refractivity contribution >= 4 is 17.3 Å². The van der Waals surface area contributed by atoms with Gasteiger partial charge < -0.3 is 15.5 Å².